The first kappa shape index (κ1) is 14.2. The second-order valence-corrected chi connectivity index (χ2v) is 5.40. The van der Waals surface area contributed by atoms with E-state index in [1.165, 1.54) is 0 Å². The van der Waals surface area contributed by atoms with E-state index in [9.17, 15) is 0 Å². The fourth-order valence-corrected chi connectivity index (χ4v) is 1.57. The highest BCUT2D eigenvalue weighted by Crippen LogP contribution is 2.10. The van der Waals surface area contributed by atoms with Crippen molar-refractivity contribution in [2.75, 3.05) is 6.54 Å². The van der Waals surface area contributed by atoms with E-state index in [2.05, 4.69) is 62.0 Å². The standard InChI is InChI=1S/C14H27N3/c1-6-13(5)17-8-7-14(16-17)10-15-9-12(4)11(2)3/h7-8,11-13,15H,6,9-10H2,1-5H3. The first-order valence-corrected chi connectivity index (χ1v) is 6.79. The van der Waals surface area contributed by atoms with Crippen molar-refractivity contribution < 1.29 is 0 Å². The Morgan fingerprint density at radius 2 is 2.00 bits per heavy atom. The Bertz CT molecular complexity index is 317. The van der Waals surface area contributed by atoms with Gasteiger partial charge in [0.1, 0.15) is 0 Å². The molecular weight excluding hydrogens is 210 g/mol. The van der Waals surface area contributed by atoms with Crippen LogP contribution in [-0.4, -0.2) is 16.3 Å². The third-order valence-electron chi connectivity index (χ3n) is 3.62. The molecule has 0 aliphatic rings. The maximum absolute atomic E-state index is 4.58. The van der Waals surface area contributed by atoms with Crippen LogP contribution in [0, 0.1) is 11.8 Å². The summed E-state index contributed by atoms with van der Waals surface area (Å²) in [6, 6.07) is 2.61. The normalized spacial score (nSPS) is 15.2. The third kappa shape index (κ3) is 4.50. The van der Waals surface area contributed by atoms with Gasteiger partial charge in [0.15, 0.2) is 0 Å². The van der Waals surface area contributed by atoms with Gasteiger partial charge in [-0.2, -0.15) is 5.10 Å². The molecule has 17 heavy (non-hydrogen) atoms. The van der Waals surface area contributed by atoms with Crippen LogP contribution in [0.4, 0.5) is 0 Å². The lowest BCUT2D eigenvalue weighted by Gasteiger charge is -2.15. The van der Waals surface area contributed by atoms with Crippen molar-refractivity contribution >= 4 is 0 Å². The smallest absolute Gasteiger partial charge is 0.0762 e. The highest BCUT2D eigenvalue weighted by molar-refractivity contribution is 4.99. The number of hydrogen-bond acceptors (Lipinski definition) is 2. The van der Waals surface area contributed by atoms with Crippen molar-refractivity contribution in [3.63, 3.8) is 0 Å². The molecule has 0 saturated heterocycles. The summed E-state index contributed by atoms with van der Waals surface area (Å²) in [5.74, 6) is 1.45. The zero-order valence-electron chi connectivity index (χ0n) is 11.9. The minimum atomic E-state index is 0.498. The van der Waals surface area contributed by atoms with Gasteiger partial charge in [-0.1, -0.05) is 27.7 Å². The SMILES string of the molecule is CCC(C)n1ccc(CNCC(C)C(C)C)n1. The summed E-state index contributed by atoms with van der Waals surface area (Å²) in [5.41, 5.74) is 1.14. The van der Waals surface area contributed by atoms with Crippen LogP contribution in [0.3, 0.4) is 0 Å². The molecule has 1 N–H and O–H groups in total. The molecule has 1 aromatic rings. The summed E-state index contributed by atoms with van der Waals surface area (Å²) in [6.07, 6.45) is 3.20. The van der Waals surface area contributed by atoms with Crippen molar-refractivity contribution in [1.82, 2.24) is 15.1 Å². The maximum atomic E-state index is 4.58. The Labute approximate surface area is 106 Å². The van der Waals surface area contributed by atoms with E-state index in [0.717, 1.165) is 31.1 Å². The van der Waals surface area contributed by atoms with Crippen LogP contribution in [0.1, 0.15) is 52.8 Å². The van der Waals surface area contributed by atoms with Crippen molar-refractivity contribution in [3.8, 4) is 0 Å². The van der Waals surface area contributed by atoms with Crippen LogP contribution in [0.2, 0.25) is 0 Å². The fourth-order valence-electron chi connectivity index (χ4n) is 1.57. The molecule has 1 rings (SSSR count). The van der Waals surface area contributed by atoms with Gasteiger partial charge in [-0.25, -0.2) is 0 Å². The molecule has 98 valence electrons. The van der Waals surface area contributed by atoms with Crippen LogP contribution in [-0.2, 0) is 6.54 Å². The quantitative estimate of drug-likeness (QED) is 0.789. The molecule has 3 heteroatoms. The van der Waals surface area contributed by atoms with Gasteiger partial charge in [0.25, 0.3) is 0 Å². The summed E-state index contributed by atoms with van der Waals surface area (Å²) in [7, 11) is 0. The molecule has 0 radical (unpaired) electrons. The van der Waals surface area contributed by atoms with Gasteiger partial charge >= 0.3 is 0 Å². The molecule has 0 bridgehead atoms. The van der Waals surface area contributed by atoms with E-state index in [-0.39, 0.29) is 0 Å². The molecule has 1 heterocycles. The molecule has 0 aliphatic heterocycles. The second-order valence-electron chi connectivity index (χ2n) is 5.40. The Morgan fingerprint density at radius 3 is 2.59 bits per heavy atom. The van der Waals surface area contributed by atoms with Gasteiger partial charge in [-0.15, -0.1) is 0 Å². The average Bonchev–Trinajstić information content (AvgIpc) is 2.76. The number of hydrogen-bond donors (Lipinski definition) is 1. The first-order chi connectivity index (χ1) is 8.04. The van der Waals surface area contributed by atoms with Gasteiger partial charge in [0, 0.05) is 18.8 Å². The van der Waals surface area contributed by atoms with E-state index in [1.54, 1.807) is 0 Å². The van der Waals surface area contributed by atoms with Crippen LogP contribution < -0.4 is 5.32 Å². The summed E-state index contributed by atoms with van der Waals surface area (Å²) in [6.45, 7) is 13.2. The monoisotopic (exact) mass is 237 g/mol. The number of rotatable bonds is 7. The Hall–Kier alpha value is -0.830. The predicted molar refractivity (Wildman–Crippen MR) is 72.9 cm³/mol. The molecule has 0 fully saturated rings. The van der Waals surface area contributed by atoms with Crippen molar-refractivity contribution in [2.24, 2.45) is 11.8 Å². The average molecular weight is 237 g/mol. The molecule has 1 aromatic heterocycles. The lowest BCUT2D eigenvalue weighted by molar-refractivity contribution is 0.390. The van der Waals surface area contributed by atoms with Crippen molar-refractivity contribution in [1.29, 1.82) is 0 Å². The van der Waals surface area contributed by atoms with E-state index in [1.807, 2.05) is 0 Å². The van der Waals surface area contributed by atoms with Crippen LogP contribution in [0.25, 0.3) is 0 Å². The molecule has 2 atom stereocenters. The van der Waals surface area contributed by atoms with E-state index < -0.39 is 0 Å². The third-order valence-corrected chi connectivity index (χ3v) is 3.62. The lowest BCUT2D eigenvalue weighted by atomic mass is 9.98. The van der Waals surface area contributed by atoms with Gasteiger partial charge in [-0.05, 0) is 37.8 Å². The van der Waals surface area contributed by atoms with Gasteiger partial charge in [-0.3, -0.25) is 4.68 Å². The maximum Gasteiger partial charge on any atom is 0.0762 e. The van der Waals surface area contributed by atoms with Gasteiger partial charge < -0.3 is 5.32 Å². The molecule has 0 amide bonds. The second kappa shape index (κ2) is 6.80. The zero-order valence-corrected chi connectivity index (χ0v) is 11.9. The molecule has 0 saturated carbocycles. The van der Waals surface area contributed by atoms with E-state index >= 15 is 0 Å². The predicted octanol–water partition coefficient (Wildman–Crippen LogP) is 3.24. The highest BCUT2D eigenvalue weighted by atomic mass is 15.3. The first-order valence-electron chi connectivity index (χ1n) is 6.79. The van der Waals surface area contributed by atoms with E-state index in [4.69, 9.17) is 0 Å². The van der Waals surface area contributed by atoms with Crippen molar-refractivity contribution in [3.05, 3.63) is 18.0 Å². The Kier molecular flexibility index (Phi) is 5.69. The zero-order chi connectivity index (χ0) is 12.8. The molecule has 2 unspecified atom stereocenters. The number of aromatic nitrogens is 2. The molecule has 0 aliphatic carbocycles. The number of nitrogens with zero attached hydrogens (tertiary/aromatic N) is 2. The van der Waals surface area contributed by atoms with Crippen LogP contribution >= 0.6 is 0 Å². The Morgan fingerprint density at radius 1 is 1.29 bits per heavy atom. The minimum absolute atomic E-state index is 0.498. The molecule has 0 spiro atoms. The summed E-state index contributed by atoms with van der Waals surface area (Å²) in [5, 5.41) is 8.05. The van der Waals surface area contributed by atoms with Crippen molar-refractivity contribution in [2.45, 2.75) is 53.6 Å². The molecular formula is C14H27N3. The molecule has 0 aromatic carbocycles. The summed E-state index contributed by atoms with van der Waals surface area (Å²) < 4.78 is 2.06. The minimum Gasteiger partial charge on any atom is -0.311 e. The topological polar surface area (TPSA) is 29.9 Å². The Balaban J connectivity index is 2.35. The van der Waals surface area contributed by atoms with Crippen LogP contribution in [0.15, 0.2) is 12.3 Å². The highest BCUT2D eigenvalue weighted by Gasteiger charge is 2.07. The van der Waals surface area contributed by atoms with E-state index in [0.29, 0.717) is 12.0 Å². The largest absolute Gasteiger partial charge is 0.311 e. The van der Waals surface area contributed by atoms with Gasteiger partial charge in [0.2, 0.25) is 0 Å². The lowest BCUT2D eigenvalue weighted by Crippen LogP contribution is -2.24. The fraction of sp³-hybridized carbons (Fsp3) is 0.786. The van der Waals surface area contributed by atoms with Gasteiger partial charge in [0.05, 0.1) is 5.69 Å². The summed E-state index contributed by atoms with van der Waals surface area (Å²) in [4.78, 5) is 0. The molecule has 3 nitrogen and oxygen atoms in total. The van der Waals surface area contributed by atoms with Crippen LogP contribution in [0.5, 0.6) is 0 Å². The number of nitrogens with one attached hydrogen (secondary N) is 1. The summed E-state index contributed by atoms with van der Waals surface area (Å²) >= 11 is 0.